The molecule has 8 nitrogen and oxygen atoms in total. The predicted octanol–water partition coefficient (Wildman–Crippen LogP) is -1.40. The summed E-state index contributed by atoms with van der Waals surface area (Å²) >= 11 is 0. The fourth-order valence-corrected chi connectivity index (χ4v) is 2.63. The summed E-state index contributed by atoms with van der Waals surface area (Å²) in [5.41, 5.74) is 5.90. The molecule has 0 bridgehead atoms. The molecule has 2 heterocycles. The molecular weight excluding hydrogens is 290 g/mol. The van der Waals surface area contributed by atoms with Gasteiger partial charge in [-0.3, -0.25) is 9.69 Å². The minimum absolute atomic E-state index is 0.0438. The van der Waals surface area contributed by atoms with Crippen molar-refractivity contribution in [1.82, 2.24) is 9.80 Å². The van der Waals surface area contributed by atoms with Crippen LogP contribution in [0.2, 0.25) is 0 Å². The summed E-state index contributed by atoms with van der Waals surface area (Å²) in [5, 5.41) is 8.40. The Morgan fingerprint density at radius 1 is 1.45 bits per heavy atom. The van der Waals surface area contributed by atoms with E-state index in [-0.39, 0.29) is 18.6 Å². The maximum Gasteiger partial charge on any atom is 0.418 e. The average Bonchev–Trinajstić information content (AvgIpc) is 3.07. The van der Waals surface area contributed by atoms with Gasteiger partial charge >= 0.3 is 11.9 Å². The zero-order valence-electron chi connectivity index (χ0n) is 12.2. The van der Waals surface area contributed by atoms with Crippen molar-refractivity contribution in [2.24, 2.45) is 5.73 Å². The van der Waals surface area contributed by atoms with Crippen LogP contribution >= 0.6 is 0 Å². The van der Waals surface area contributed by atoms with Gasteiger partial charge in [-0.15, -0.1) is 0 Å². The third-order valence-electron chi connectivity index (χ3n) is 3.69. The first-order chi connectivity index (χ1) is 10.5. The first-order valence-corrected chi connectivity index (χ1v) is 7.16. The summed E-state index contributed by atoms with van der Waals surface area (Å²) in [7, 11) is 0. The van der Waals surface area contributed by atoms with Gasteiger partial charge in [0.25, 0.3) is 0 Å². The van der Waals surface area contributed by atoms with Crippen LogP contribution in [-0.2, 0) is 19.1 Å². The first kappa shape index (κ1) is 16.3. The van der Waals surface area contributed by atoms with Crippen LogP contribution in [0.25, 0.3) is 0 Å². The predicted molar refractivity (Wildman–Crippen MR) is 75.3 cm³/mol. The lowest BCUT2D eigenvalue weighted by atomic mass is 10.3. The monoisotopic (exact) mass is 309 g/mol. The van der Waals surface area contributed by atoms with E-state index < -0.39 is 18.1 Å². The van der Waals surface area contributed by atoms with Gasteiger partial charge in [-0.2, -0.15) is 0 Å². The van der Waals surface area contributed by atoms with E-state index in [0.29, 0.717) is 19.5 Å². The number of carboxylic acids is 1. The summed E-state index contributed by atoms with van der Waals surface area (Å²) < 4.78 is 4.47. The molecule has 0 aromatic rings. The summed E-state index contributed by atoms with van der Waals surface area (Å²) in [6.07, 6.45) is 1.75. The number of amides is 1. The van der Waals surface area contributed by atoms with Crippen molar-refractivity contribution < 1.29 is 24.2 Å². The Kier molecular flexibility index (Phi) is 5.35. The maximum absolute atomic E-state index is 11.9. The number of ether oxygens (including phenoxy) is 1. The molecule has 1 amide bonds. The summed E-state index contributed by atoms with van der Waals surface area (Å²) in [6.45, 7) is 1.72. The van der Waals surface area contributed by atoms with E-state index >= 15 is 0 Å². The lowest BCUT2D eigenvalue weighted by Gasteiger charge is -2.31. The Morgan fingerprint density at radius 2 is 2.23 bits per heavy atom. The highest BCUT2D eigenvalue weighted by atomic mass is 16.6. The number of hydrogen-bond donors (Lipinski definition) is 2. The molecule has 0 aromatic heterocycles. The zero-order chi connectivity index (χ0) is 16.1. The molecule has 2 fully saturated rings. The summed E-state index contributed by atoms with van der Waals surface area (Å²) in [5.74, 6) is 2.58. The molecule has 0 spiro atoms. The van der Waals surface area contributed by atoms with Gasteiger partial charge in [0.2, 0.25) is 5.91 Å². The number of hydrogen-bond acceptors (Lipinski definition) is 6. The van der Waals surface area contributed by atoms with E-state index in [4.69, 9.17) is 10.8 Å². The topological polar surface area (TPSA) is 113 Å². The van der Waals surface area contributed by atoms with E-state index in [1.54, 1.807) is 4.90 Å². The minimum atomic E-state index is -1.65. The molecule has 2 aliphatic rings. The Labute approximate surface area is 128 Å². The lowest BCUT2D eigenvalue weighted by Crippen LogP contribution is -2.48. The number of likely N-dealkylation sites (tertiary alicyclic amines) is 2. The molecule has 2 aliphatic heterocycles. The average molecular weight is 309 g/mol. The van der Waals surface area contributed by atoms with Crippen molar-refractivity contribution in [2.45, 2.75) is 31.5 Å². The van der Waals surface area contributed by atoms with Crippen LogP contribution < -0.4 is 5.73 Å². The number of carboxylic acid groups (broad SMARTS) is 1. The largest absolute Gasteiger partial charge is 0.473 e. The van der Waals surface area contributed by atoms with Crippen molar-refractivity contribution in [2.75, 3.05) is 26.2 Å². The molecular formula is C14H19N3O5. The van der Waals surface area contributed by atoms with Crippen molar-refractivity contribution in [3.63, 3.8) is 0 Å². The van der Waals surface area contributed by atoms with Crippen LogP contribution in [0.5, 0.6) is 0 Å². The SMILES string of the molecule is N[C@@H]1CCN(C(C#CCOC(=O)C(=O)O)N2CCCC2=O)C1. The smallest absolute Gasteiger partial charge is 0.418 e. The molecule has 0 aromatic carbocycles. The molecule has 22 heavy (non-hydrogen) atoms. The molecule has 0 radical (unpaired) electrons. The van der Waals surface area contributed by atoms with E-state index in [1.165, 1.54) is 0 Å². The number of aliphatic carboxylic acids is 1. The van der Waals surface area contributed by atoms with Gasteiger partial charge in [0.1, 0.15) is 6.17 Å². The van der Waals surface area contributed by atoms with Crippen molar-refractivity contribution >= 4 is 17.8 Å². The molecule has 1 unspecified atom stereocenters. The van der Waals surface area contributed by atoms with Gasteiger partial charge in [-0.05, 0) is 12.8 Å². The molecule has 8 heteroatoms. The Bertz CT molecular complexity index is 524. The molecule has 2 rings (SSSR count). The number of rotatable bonds is 3. The van der Waals surface area contributed by atoms with Gasteiger partial charge in [0, 0.05) is 32.1 Å². The summed E-state index contributed by atoms with van der Waals surface area (Å²) in [6, 6.07) is 0.0619. The highest BCUT2D eigenvalue weighted by molar-refractivity contribution is 6.28. The number of esters is 1. The van der Waals surface area contributed by atoms with E-state index in [0.717, 1.165) is 19.4 Å². The Balaban J connectivity index is 2.00. The van der Waals surface area contributed by atoms with Crippen LogP contribution in [0.3, 0.4) is 0 Å². The number of carbonyl (C=O) groups excluding carboxylic acids is 2. The highest BCUT2D eigenvalue weighted by Gasteiger charge is 2.34. The minimum Gasteiger partial charge on any atom is -0.473 e. The second kappa shape index (κ2) is 7.24. The van der Waals surface area contributed by atoms with E-state index in [9.17, 15) is 14.4 Å². The third kappa shape index (κ3) is 3.96. The van der Waals surface area contributed by atoms with Crippen LogP contribution in [0.4, 0.5) is 0 Å². The van der Waals surface area contributed by atoms with Gasteiger partial charge in [0.15, 0.2) is 6.61 Å². The summed E-state index contributed by atoms with van der Waals surface area (Å²) in [4.78, 5) is 36.8. The van der Waals surface area contributed by atoms with Crippen molar-refractivity contribution in [1.29, 1.82) is 0 Å². The highest BCUT2D eigenvalue weighted by Crippen LogP contribution is 2.19. The third-order valence-corrected chi connectivity index (χ3v) is 3.69. The molecule has 2 saturated heterocycles. The van der Waals surface area contributed by atoms with Gasteiger partial charge in [-0.1, -0.05) is 11.8 Å². The Hall–Kier alpha value is -2.11. The molecule has 3 N–H and O–H groups in total. The quantitative estimate of drug-likeness (QED) is 0.374. The number of nitrogens with two attached hydrogens (primary N) is 1. The maximum atomic E-state index is 11.9. The van der Waals surface area contributed by atoms with Gasteiger partial charge in [-0.25, -0.2) is 9.59 Å². The fourth-order valence-electron chi connectivity index (χ4n) is 2.63. The normalized spacial score (nSPS) is 23.0. The second-order valence-electron chi connectivity index (χ2n) is 5.31. The number of carbonyl (C=O) groups is 3. The first-order valence-electron chi connectivity index (χ1n) is 7.16. The standard InChI is InChI=1S/C14H19N3O5/c15-10-5-7-16(9-10)11(17-6-1-4-12(17)18)3-2-8-22-14(21)13(19)20/h10-11H,1,4-9,15H2,(H,19,20)/t10-,11?/m1/s1. The zero-order valence-corrected chi connectivity index (χ0v) is 12.2. The van der Waals surface area contributed by atoms with Crippen LogP contribution in [-0.4, -0.2) is 71.2 Å². The molecule has 0 saturated carbocycles. The molecule has 120 valence electrons. The number of nitrogens with zero attached hydrogens (tertiary/aromatic N) is 2. The molecule has 0 aliphatic carbocycles. The van der Waals surface area contributed by atoms with Crippen molar-refractivity contribution in [3.05, 3.63) is 0 Å². The lowest BCUT2D eigenvalue weighted by molar-refractivity contribution is -0.162. The van der Waals surface area contributed by atoms with Gasteiger partial charge < -0.3 is 20.5 Å². The van der Waals surface area contributed by atoms with E-state index in [1.807, 2.05) is 4.90 Å². The second-order valence-corrected chi connectivity index (χ2v) is 5.31. The van der Waals surface area contributed by atoms with E-state index in [2.05, 4.69) is 16.6 Å². The fraction of sp³-hybridized carbons (Fsp3) is 0.643. The Morgan fingerprint density at radius 3 is 2.77 bits per heavy atom. The van der Waals surface area contributed by atoms with Crippen LogP contribution in [0.1, 0.15) is 19.3 Å². The molecule has 2 atom stereocenters. The van der Waals surface area contributed by atoms with Crippen LogP contribution in [0.15, 0.2) is 0 Å². The van der Waals surface area contributed by atoms with Gasteiger partial charge in [0.05, 0.1) is 0 Å². The van der Waals surface area contributed by atoms with Crippen LogP contribution in [0, 0.1) is 11.8 Å². The van der Waals surface area contributed by atoms with Crippen molar-refractivity contribution in [3.8, 4) is 11.8 Å².